The number of hydrogen-bond acceptors (Lipinski definition) is 5. The van der Waals surface area contributed by atoms with Gasteiger partial charge in [0.25, 0.3) is 5.91 Å². The van der Waals surface area contributed by atoms with Crippen molar-refractivity contribution in [3.63, 3.8) is 0 Å². The van der Waals surface area contributed by atoms with Gasteiger partial charge in [-0.2, -0.15) is 0 Å². The van der Waals surface area contributed by atoms with Gasteiger partial charge in [-0.25, -0.2) is 9.37 Å². The van der Waals surface area contributed by atoms with Gasteiger partial charge in [-0.05, 0) is 81.9 Å². The van der Waals surface area contributed by atoms with E-state index >= 15 is 0 Å². The number of aromatic nitrogens is 1. The Bertz CT molecular complexity index is 1160. The number of ether oxygens (including phenoxy) is 1. The molecule has 1 aromatic heterocycles. The van der Waals surface area contributed by atoms with E-state index < -0.39 is 5.82 Å². The molecule has 0 unspecified atom stereocenters. The molecule has 8 heteroatoms. The molecular weight excluding hydrogens is 487 g/mol. The predicted octanol–water partition coefficient (Wildman–Crippen LogP) is 4.99. The number of nitrogens with zero attached hydrogens (tertiary/aromatic N) is 3. The van der Waals surface area contributed by atoms with Crippen LogP contribution in [0.4, 0.5) is 15.9 Å². The van der Waals surface area contributed by atoms with Crippen molar-refractivity contribution in [3.05, 3.63) is 58.3 Å². The van der Waals surface area contributed by atoms with Crippen LogP contribution in [-0.4, -0.2) is 55.6 Å². The predicted molar refractivity (Wildman–Crippen MR) is 134 cm³/mol. The summed E-state index contributed by atoms with van der Waals surface area (Å²) in [6.45, 7) is 3.77. The van der Waals surface area contributed by atoms with Gasteiger partial charge >= 0.3 is 0 Å². The second-order valence-electron chi connectivity index (χ2n) is 8.62. The molecule has 4 rings (SSSR count). The number of carbonyl (C=O) groups is 1. The first kappa shape index (κ1) is 23.4. The van der Waals surface area contributed by atoms with Crippen molar-refractivity contribution in [2.24, 2.45) is 0 Å². The molecule has 1 aliphatic heterocycles. The van der Waals surface area contributed by atoms with Crippen molar-refractivity contribution in [1.82, 2.24) is 9.88 Å². The summed E-state index contributed by atoms with van der Waals surface area (Å²) in [7, 11) is 4.28. The van der Waals surface area contributed by atoms with Gasteiger partial charge in [0.05, 0.1) is 5.52 Å². The molecule has 2 heterocycles. The third kappa shape index (κ3) is 5.62. The Kier molecular flexibility index (Phi) is 7.14. The number of rotatable bonds is 6. The second kappa shape index (κ2) is 10.1. The Hall–Kier alpha value is -2.71. The molecule has 6 nitrogen and oxygen atoms in total. The minimum Gasteiger partial charge on any atom is -0.481 e. The number of carbonyl (C=O) groups excluding carboxylic acids is 1. The van der Waals surface area contributed by atoms with Gasteiger partial charge in [0.15, 0.2) is 18.2 Å². The maximum absolute atomic E-state index is 13.9. The number of amides is 1. The number of aryl methyl sites for hydroxylation is 1. The fraction of sp³-hybridized carbons (Fsp3) is 0.360. The number of halogens is 2. The van der Waals surface area contributed by atoms with Crippen LogP contribution in [0, 0.1) is 12.7 Å². The molecule has 0 bridgehead atoms. The Balaban J connectivity index is 1.42. The lowest BCUT2D eigenvalue weighted by Crippen LogP contribution is -2.42. The van der Waals surface area contributed by atoms with Gasteiger partial charge in [-0.1, -0.05) is 15.9 Å². The second-order valence-corrected chi connectivity index (χ2v) is 9.54. The number of anilines is 2. The molecule has 2 aromatic carbocycles. The fourth-order valence-electron chi connectivity index (χ4n) is 4.16. The molecule has 0 atom stereocenters. The highest BCUT2D eigenvalue weighted by Crippen LogP contribution is 2.28. The monoisotopic (exact) mass is 514 g/mol. The van der Waals surface area contributed by atoms with E-state index in [4.69, 9.17) is 9.72 Å². The topological polar surface area (TPSA) is 57.7 Å². The smallest absolute Gasteiger partial charge is 0.262 e. The molecule has 0 saturated carbocycles. The summed E-state index contributed by atoms with van der Waals surface area (Å²) in [4.78, 5) is 21.8. The zero-order valence-corrected chi connectivity index (χ0v) is 20.7. The highest BCUT2D eigenvalue weighted by atomic mass is 79.9. The molecule has 1 amide bonds. The number of hydrogen-bond donors (Lipinski definition) is 1. The maximum Gasteiger partial charge on any atom is 0.262 e. The summed E-state index contributed by atoms with van der Waals surface area (Å²) in [5.74, 6) is 0.155. The van der Waals surface area contributed by atoms with E-state index in [0.29, 0.717) is 16.2 Å². The zero-order valence-electron chi connectivity index (χ0n) is 19.1. The molecule has 1 aliphatic rings. The van der Waals surface area contributed by atoms with Crippen LogP contribution in [0.5, 0.6) is 5.75 Å². The van der Waals surface area contributed by atoms with Crippen molar-refractivity contribution in [2.75, 3.05) is 44.0 Å². The van der Waals surface area contributed by atoms with E-state index in [1.807, 2.05) is 18.2 Å². The highest BCUT2D eigenvalue weighted by Gasteiger charge is 2.22. The lowest BCUT2D eigenvalue weighted by Gasteiger charge is -2.36. The van der Waals surface area contributed by atoms with Crippen molar-refractivity contribution in [2.45, 2.75) is 25.8 Å². The van der Waals surface area contributed by atoms with Gasteiger partial charge in [0.1, 0.15) is 5.82 Å². The molecule has 174 valence electrons. The van der Waals surface area contributed by atoms with Crippen LogP contribution in [0.2, 0.25) is 0 Å². The van der Waals surface area contributed by atoms with E-state index in [1.165, 1.54) is 12.1 Å². The van der Waals surface area contributed by atoms with Gasteiger partial charge < -0.3 is 19.9 Å². The minimum absolute atomic E-state index is 0.0362. The largest absolute Gasteiger partial charge is 0.481 e. The average molecular weight is 515 g/mol. The van der Waals surface area contributed by atoms with Crippen LogP contribution in [0.15, 0.2) is 46.9 Å². The van der Waals surface area contributed by atoms with E-state index in [-0.39, 0.29) is 18.3 Å². The van der Waals surface area contributed by atoms with Gasteiger partial charge in [-0.15, -0.1) is 0 Å². The number of piperidine rings is 1. The number of nitrogens with one attached hydrogen (secondary N) is 1. The lowest BCUT2D eigenvalue weighted by atomic mass is 10.0. The molecule has 0 radical (unpaired) electrons. The molecule has 0 aliphatic carbocycles. The quantitative estimate of drug-likeness (QED) is 0.501. The summed E-state index contributed by atoms with van der Waals surface area (Å²) >= 11 is 3.20. The Morgan fingerprint density at radius 3 is 2.67 bits per heavy atom. The maximum atomic E-state index is 13.9. The summed E-state index contributed by atoms with van der Waals surface area (Å²) < 4.78 is 19.8. The third-order valence-electron chi connectivity index (χ3n) is 6.06. The first-order chi connectivity index (χ1) is 15.8. The fourth-order valence-corrected chi connectivity index (χ4v) is 4.49. The van der Waals surface area contributed by atoms with E-state index in [2.05, 4.69) is 58.1 Å². The summed E-state index contributed by atoms with van der Waals surface area (Å²) in [6, 6.07) is 12.8. The molecule has 1 fully saturated rings. The van der Waals surface area contributed by atoms with E-state index in [9.17, 15) is 9.18 Å². The van der Waals surface area contributed by atoms with Crippen LogP contribution in [-0.2, 0) is 4.79 Å². The first-order valence-electron chi connectivity index (χ1n) is 11.0. The minimum atomic E-state index is -0.522. The number of pyridine rings is 1. The summed E-state index contributed by atoms with van der Waals surface area (Å²) in [6.07, 6.45) is 2.26. The third-order valence-corrected chi connectivity index (χ3v) is 6.55. The molecule has 0 spiro atoms. The van der Waals surface area contributed by atoms with Crippen LogP contribution in [0.3, 0.4) is 0 Å². The van der Waals surface area contributed by atoms with E-state index in [0.717, 1.165) is 48.2 Å². The van der Waals surface area contributed by atoms with Crippen molar-refractivity contribution < 1.29 is 13.9 Å². The van der Waals surface area contributed by atoms with E-state index in [1.54, 1.807) is 6.07 Å². The summed E-state index contributed by atoms with van der Waals surface area (Å²) in [5, 5.41) is 3.80. The molecular formula is C25H28BrFN4O2. The Morgan fingerprint density at radius 2 is 1.97 bits per heavy atom. The normalized spacial score (nSPS) is 14.7. The van der Waals surface area contributed by atoms with Gasteiger partial charge in [0.2, 0.25) is 0 Å². The lowest BCUT2D eigenvalue weighted by molar-refractivity contribution is -0.118. The number of fused-ring (bicyclic) bond motifs is 1. The highest BCUT2D eigenvalue weighted by molar-refractivity contribution is 9.10. The molecule has 33 heavy (non-hydrogen) atoms. The van der Waals surface area contributed by atoms with Crippen molar-refractivity contribution in [1.29, 1.82) is 0 Å². The average Bonchev–Trinajstić information content (AvgIpc) is 2.79. The Labute approximate surface area is 201 Å². The number of benzene rings is 2. The van der Waals surface area contributed by atoms with Crippen molar-refractivity contribution >= 4 is 44.2 Å². The zero-order chi connectivity index (χ0) is 23.5. The van der Waals surface area contributed by atoms with Crippen LogP contribution in [0.25, 0.3) is 10.9 Å². The standard InChI is InChI=1S/C25H28BrFN4O2/c1-16-12-24(31-10-8-19(9-11-31)30(2)3)29-22-6-5-18(14-20(16)22)28-25(32)15-33-23-7-4-17(26)13-21(23)27/h4-7,12-14,19H,8-11,15H2,1-3H3,(H,28,32). The van der Waals surface area contributed by atoms with Crippen LogP contribution in [0.1, 0.15) is 18.4 Å². The summed E-state index contributed by atoms with van der Waals surface area (Å²) in [5.41, 5.74) is 2.65. The molecule has 3 aromatic rings. The van der Waals surface area contributed by atoms with Crippen LogP contribution < -0.4 is 15.0 Å². The Morgan fingerprint density at radius 1 is 1.21 bits per heavy atom. The SMILES string of the molecule is Cc1cc(N2CCC(N(C)C)CC2)nc2ccc(NC(=O)COc3ccc(Br)cc3F)cc12. The molecule has 1 N–H and O–H groups in total. The van der Waals surface area contributed by atoms with Crippen molar-refractivity contribution in [3.8, 4) is 5.75 Å². The van der Waals surface area contributed by atoms with Crippen LogP contribution >= 0.6 is 15.9 Å². The van der Waals surface area contributed by atoms with Gasteiger partial charge in [0, 0.05) is 34.7 Å². The molecule has 1 saturated heterocycles. The van der Waals surface area contributed by atoms with Gasteiger partial charge in [-0.3, -0.25) is 4.79 Å². The first-order valence-corrected chi connectivity index (χ1v) is 11.8.